The van der Waals surface area contributed by atoms with E-state index in [1.54, 1.807) is 12.1 Å². The largest absolute Gasteiger partial charge is 0.507 e. The average molecular weight is 331 g/mol. The van der Waals surface area contributed by atoms with Crippen LogP contribution in [-0.2, 0) is 6.54 Å². The molecule has 2 N–H and O–H groups in total. The lowest BCUT2D eigenvalue weighted by Gasteiger charge is -2.24. The van der Waals surface area contributed by atoms with Crippen LogP contribution >= 0.6 is 11.6 Å². The first-order valence-corrected chi connectivity index (χ1v) is 8.53. The SMILES string of the molecule is C=c1/c(=C\C)cc(-c2c(O)cccc2Cl)n1C[C@@H]1CCCNC1. The van der Waals surface area contributed by atoms with Crippen LogP contribution in [0.25, 0.3) is 23.9 Å². The summed E-state index contributed by atoms with van der Waals surface area (Å²) in [5.41, 5.74) is 1.63. The number of hydrogen-bond acceptors (Lipinski definition) is 2. The summed E-state index contributed by atoms with van der Waals surface area (Å²) in [5, 5.41) is 16.4. The highest BCUT2D eigenvalue weighted by Gasteiger charge is 2.19. The molecular formula is C19H23ClN2O. The number of nitrogens with one attached hydrogen (secondary N) is 1. The molecule has 23 heavy (non-hydrogen) atoms. The average Bonchev–Trinajstić information content (AvgIpc) is 2.85. The van der Waals surface area contributed by atoms with Gasteiger partial charge in [0, 0.05) is 11.9 Å². The van der Waals surface area contributed by atoms with E-state index in [0.717, 1.165) is 35.9 Å². The highest BCUT2D eigenvalue weighted by atomic mass is 35.5. The lowest BCUT2D eigenvalue weighted by Crippen LogP contribution is -2.36. The molecule has 1 aromatic heterocycles. The highest BCUT2D eigenvalue weighted by molar-refractivity contribution is 6.33. The van der Waals surface area contributed by atoms with Crippen molar-refractivity contribution in [2.45, 2.75) is 26.3 Å². The summed E-state index contributed by atoms with van der Waals surface area (Å²) in [6, 6.07) is 7.32. The monoisotopic (exact) mass is 330 g/mol. The third kappa shape index (κ3) is 3.17. The van der Waals surface area contributed by atoms with Gasteiger partial charge in [0.15, 0.2) is 0 Å². The number of hydrogen-bond donors (Lipinski definition) is 2. The Balaban J connectivity index is 2.11. The second-order valence-corrected chi connectivity index (χ2v) is 6.58. The van der Waals surface area contributed by atoms with E-state index in [0.29, 0.717) is 16.5 Å². The lowest BCUT2D eigenvalue weighted by atomic mass is 9.99. The molecule has 0 saturated carbocycles. The second-order valence-electron chi connectivity index (χ2n) is 6.18. The molecule has 0 unspecified atom stereocenters. The zero-order valence-corrected chi connectivity index (χ0v) is 14.2. The van der Waals surface area contributed by atoms with Gasteiger partial charge in [-0.2, -0.15) is 0 Å². The third-order valence-corrected chi connectivity index (χ3v) is 4.96. The van der Waals surface area contributed by atoms with Gasteiger partial charge in [-0.05, 0) is 62.2 Å². The smallest absolute Gasteiger partial charge is 0.126 e. The quantitative estimate of drug-likeness (QED) is 0.908. The van der Waals surface area contributed by atoms with Gasteiger partial charge >= 0.3 is 0 Å². The summed E-state index contributed by atoms with van der Waals surface area (Å²) in [4.78, 5) is 0. The molecule has 1 fully saturated rings. The van der Waals surface area contributed by atoms with Gasteiger partial charge in [0.05, 0.1) is 16.3 Å². The molecule has 0 bridgehead atoms. The first-order chi connectivity index (χ1) is 11.1. The molecule has 1 aliphatic rings. The van der Waals surface area contributed by atoms with Crippen LogP contribution in [0.4, 0.5) is 0 Å². The summed E-state index contributed by atoms with van der Waals surface area (Å²) in [6.45, 7) is 9.27. The Kier molecular flexibility index (Phi) is 4.79. The van der Waals surface area contributed by atoms with Crippen LogP contribution in [0.1, 0.15) is 19.8 Å². The molecule has 122 valence electrons. The van der Waals surface area contributed by atoms with Crippen molar-refractivity contribution in [3.63, 3.8) is 0 Å². The van der Waals surface area contributed by atoms with Crippen LogP contribution in [-0.4, -0.2) is 22.8 Å². The van der Waals surface area contributed by atoms with Crippen molar-refractivity contribution in [2.75, 3.05) is 13.1 Å². The number of aromatic nitrogens is 1. The predicted molar refractivity (Wildman–Crippen MR) is 97.0 cm³/mol. The minimum atomic E-state index is 0.209. The van der Waals surface area contributed by atoms with E-state index in [1.807, 2.05) is 13.0 Å². The number of rotatable bonds is 3. The molecule has 2 aromatic rings. The molecule has 3 nitrogen and oxygen atoms in total. The fourth-order valence-electron chi connectivity index (χ4n) is 3.38. The number of phenols is 1. The number of nitrogens with zero attached hydrogens (tertiary/aromatic N) is 1. The molecule has 1 saturated heterocycles. The van der Waals surface area contributed by atoms with Gasteiger partial charge in [-0.15, -0.1) is 0 Å². The molecule has 1 aliphatic heterocycles. The van der Waals surface area contributed by atoms with Gasteiger partial charge in [0.2, 0.25) is 0 Å². The molecule has 0 aliphatic carbocycles. The van der Waals surface area contributed by atoms with Crippen molar-refractivity contribution in [3.8, 4) is 17.0 Å². The molecule has 4 heteroatoms. The van der Waals surface area contributed by atoms with Crippen molar-refractivity contribution in [1.82, 2.24) is 9.88 Å². The number of aromatic hydroxyl groups is 1. The Bertz CT molecular complexity index is 783. The normalized spacial score (nSPS) is 19.2. The lowest BCUT2D eigenvalue weighted by molar-refractivity contribution is 0.336. The van der Waals surface area contributed by atoms with Crippen LogP contribution in [0.5, 0.6) is 5.75 Å². The fraction of sp³-hybridized carbons (Fsp3) is 0.368. The number of phenolic OH excluding ortho intramolecular Hbond substituents is 1. The van der Waals surface area contributed by atoms with E-state index in [-0.39, 0.29) is 5.75 Å². The minimum Gasteiger partial charge on any atom is -0.507 e. The van der Waals surface area contributed by atoms with Crippen molar-refractivity contribution in [1.29, 1.82) is 0 Å². The zero-order chi connectivity index (χ0) is 16.4. The second kappa shape index (κ2) is 6.81. The van der Waals surface area contributed by atoms with E-state index in [2.05, 4.69) is 28.6 Å². The van der Waals surface area contributed by atoms with Gasteiger partial charge in [-0.3, -0.25) is 0 Å². The summed E-state index contributed by atoms with van der Waals surface area (Å²) in [6.07, 6.45) is 4.47. The molecule has 0 amide bonds. The number of benzene rings is 1. The van der Waals surface area contributed by atoms with E-state index < -0.39 is 0 Å². The topological polar surface area (TPSA) is 37.2 Å². The summed E-state index contributed by atoms with van der Waals surface area (Å²) >= 11 is 6.37. The van der Waals surface area contributed by atoms with Crippen LogP contribution in [0.15, 0.2) is 24.3 Å². The van der Waals surface area contributed by atoms with Crippen LogP contribution in [0.3, 0.4) is 0 Å². The molecule has 1 atom stereocenters. The van der Waals surface area contributed by atoms with Crippen molar-refractivity contribution in [3.05, 3.63) is 39.9 Å². The first-order valence-electron chi connectivity index (χ1n) is 8.15. The summed E-state index contributed by atoms with van der Waals surface area (Å²) in [7, 11) is 0. The fourth-order valence-corrected chi connectivity index (χ4v) is 3.65. The van der Waals surface area contributed by atoms with E-state index in [4.69, 9.17) is 11.6 Å². The third-order valence-electron chi connectivity index (χ3n) is 4.64. The van der Waals surface area contributed by atoms with Crippen molar-refractivity contribution >= 4 is 24.3 Å². The number of halogens is 1. The Labute approximate surface area is 141 Å². The maximum absolute atomic E-state index is 10.3. The van der Waals surface area contributed by atoms with E-state index in [9.17, 15) is 5.11 Å². The zero-order valence-electron chi connectivity index (χ0n) is 13.5. The van der Waals surface area contributed by atoms with E-state index >= 15 is 0 Å². The van der Waals surface area contributed by atoms with Gasteiger partial charge in [-0.25, -0.2) is 0 Å². The molecule has 0 spiro atoms. The van der Waals surface area contributed by atoms with Crippen molar-refractivity contribution in [2.24, 2.45) is 5.92 Å². The highest BCUT2D eigenvalue weighted by Crippen LogP contribution is 2.35. The molecule has 1 aromatic carbocycles. The Morgan fingerprint density at radius 3 is 2.96 bits per heavy atom. The predicted octanol–water partition coefficient (Wildman–Crippen LogP) is 2.72. The Hall–Kier alpha value is -1.71. The summed E-state index contributed by atoms with van der Waals surface area (Å²) < 4.78 is 2.20. The summed E-state index contributed by atoms with van der Waals surface area (Å²) in [5.74, 6) is 0.783. The van der Waals surface area contributed by atoms with Gasteiger partial charge in [0.25, 0.3) is 0 Å². The van der Waals surface area contributed by atoms with E-state index in [1.165, 1.54) is 12.8 Å². The minimum absolute atomic E-state index is 0.209. The Morgan fingerprint density at radius 2 is 2.30 bits per heavy atom. The van der Waals surface area contributed by atoms with Crippen LogP contribution in [0, 0.1) is 5.92 Å². The van der Waals surface area contributed by atoms with Gasteiger partial charge in [0.1, 0.15) is 5.75 Å². The van der Waals surface area contributed by atoms with Crippen LogP contribution in [0.2, 0.25) is 5.02 Å². The first kappa shape index (κ1) is 16.2. The van der Waals surface area contributed by atoms with Crippen molar-refractivity contribution < 1.29 is 5.11 Å². The molecular weight excluding hydrogens is 308 g/mol. The van der Waals surface area contributed by atoms with Crippen LogP contribution < -0.4 is 15.9 Å². The standard InChI is InChI=1S/C19H23ClN2O/c1-3-15-10-17(19-16(20)7-4-8-18(19)23)22(13(15)2)12-14-6-5-9-21-11-14/h3-4,7-8,10,14,21,23H,2,5-6,9,11-12H2,1H3/b15-3-/t14-/m1/s1. The molecule has 2 heterocycles. The Morgan fingerprint density at radius 1 is 1.48 bits per heavy atom. The van der Waals surface area contributed by atoms with Gasteiger partial charge in [-0.1, -0.05) is 30.3 Å². The molecule has 0 radical (unpaired) electrons. The van der Waals surface area contributed by atoms with Gasteiger partial charge < -0.3 is 15.0 Å². The molecule has 3 rings (SSSR count). The maximum Gasteiger partial charge on any atom is 0.126 e. The maximum atomic E-state index is 10.3. The number of piperidine rings is 1.